The van der Waals surface area contributed by atoms with Crippen LogP contribution < -0.4 is 10.6 Å². The van der Waals surface area contributed by atoms with Gasteiger partial charge in [-0.15, -0.1) is 0 Å². The van der Waals surface area contributed by atoms with E-state index in [1.165, 1.54) is 38.5 Å². The topological polar surface area (TPSA) is 55.3 Å². The van der Waals surface area contributed by atoms with Crippen LogP contribution in [0.4, 0.5) is 6.01 Å². The van der Waals surface area contributed by atoms with Crippen molar-refractivity contribution in [3.8, 4) is 0 Å². The number of hydrogen-bond acceptors (Lipinski definition) is 4. The van der Waals surface area contributed by atoms with Gasteiger partial charge >= 0.3 is 0 Å². The van der Waals surface area contributed by atoms with Crippen LogP contribution in [-0.2, 0) is 0 Å². The van der Waals surface area contributed by atoms with Crippen molar-refractivity contribution < 1.29 is 4.42 Å². The van der Waals surface area contributed by atoms with Crippen LogP contribution >= 0.6 is 0 Å². The largest absolute Gasteiger partial charge is 0.423 e. The molecule has 4 nitrogen and oxygen atoms in total. The van der Waals surface area contributed by atoms with E-state index < -0.39 is 0 Å². The second-order valence-corrected chi connectivity index (χ2v) is 5.95. The van der Waals surface area contributed by atoms with E-state index in [-0.39, 0.29) is 0 Å². The number of fused-ring (bicyclic) bond motifs is 1. The summed E-state index contributed by atoms with van der Waals surface area (Å²) in [6.07, 6.45) is 8.79. The fourth-order valence-corrected chi connectivity index (χ4v) is 3.25. The molecule has 2 N–H and O–H groups in total. The Bertz CT molecular complexity index is 525. The van der Waals surface area contributed by atoms with Crippen LogP contribution in [0, 0.1) is 0 Å². The normalized spacial score (nSPS) is 17.0. The lowest BCUT2D eigenvalue weighted by Crippen LogP contribution is -2.37. The first-order valence-corrected chi connectivity index (χ1v) is 8.21. The Hall–Kier alpha value is -1.55. The molecule has 0 atom stereocenters. The highest BCUT2D eigenvalue weighted by atomic mass is 16.4. The van der Waals surface area contributed by atoms with Crippen molar-refractivity contribution in [2.75, 3.05) is 18.0 Å². The van der Waals surface area contributed by atoms with Crippen LogP contribution in [0.25, 0.3) is 11.1 Å². The van der Waals surface area contributed by atoms with E-state index in [0.717, 1.165) is 30.1 Å². The van der Waals surface area contributed by atoms with Crippen LogP contribution in [0.3, 0.4) is 0 Å². The lowest BCUT2D eigenvalue weighted by molar-refractivity contribution is 0.467. The van der Waals surface area contributed by atoms with Gasteiger partial charge in [0, 0.05) is 12.6 Å². The molecule has 0 bridgehead atoms. The highest BCUT2D eigenvalue weighted by Crippen LogP contribution is 2.28. The molecule has 1 aliphatic carbocycles. The van der Waals surface area contributed by atoms with Crippen LogP contribution in [0.2, 0.25) is 0 Å². The summed E-state index contributed by atoms with van der Waals surface area (Å²) < 4.78 is 6.00. The first kappa shape index (κ1) is 14.4. The lowest BCUT2D eigenvalue weighted by Gasteiger charge is -2.29. The van der Waals surface area contributed by atoms with Gasteiger partial charge in [0.15, 0.2) is 5.58 Å². The molecule has 0 aliphatic heterocycles. The molecule has 0 spiro atoms. The summed E-state index contributed by atoms with van der Waals surface area (Å²) in [6, 6.07) is 9.32. The van der Waals surface area contributed by atoms with E-state index in [2.05, 4.69) is 4.90 Å². The van der Waals surface area contributed by atoms with Gasteiger partial charge in [0.05, 0.1) is 0 Å². The number of para-hydroxylation sites is 2. The molecule has 2 aromatic rings. The first-order valence-electron chi connectivity index (χ1n) is 8.21. The average molecular weight is 287 g/mol. The molecule has 114 valence electrons. The number of nitrogens with two attached hydrogens (primary N) is 1. The van der Waals surface area contributed by atoms with E-state index in [1.807, 2.05) is 24.3 Å². The zero-order chi connectivity index (χ0) is 14.5. The van der Waals surface area contributed by atoms with Crippen molar-refractivity contribution in [1.29, 1.82) is 0 Å². The number of oxazole rings is 1. The number of aromatic nitrogens is 1. The Kier molecular flexibility index (Phi) is 4.76. The molecular formula is C17H25N3O. The van der Waals surface area contributed by atoms with Crippen LogP contribution in [-0.4, -0.2) is 24.1 Å². The van der Waals surface area contributed by atoms with Crippen LogP contribution in [0.1, 0.15) is 44.9 Å². The molecule has 1 fully saturated rings. The number of rotatable bonds is 5. The standard InChI is InChI=1S/C17H25N3O/c18-12-7-13-20(14-8-3-1-2-4-9-14)17-19-15-10-5-6-11-16(15)21-17/h5-6,10-11,14H,1-4,7-9,12-13,18H2. The molecule has 1 saturated carbocycles. The van der Waals surface area contributed by atoms with Gasteiger partial charge < -0.3 is 15.1 Å². The lowest BCUT2D eigenvalue weighted by atomic mass is 10.1. The number of benzene rings is 1. The summed E-state index contributed by atoms with van der Waals surface area (Å²) in [5.74, 6) is 0. The third kappa shape index (κ3) is 3.38. The fraction of sp³-hybridized carbons (Fsp3) is 0.588. The van der Waals surface area contributed by atoms with E-state index in [1.54, 1.807) is 0 Å². The maximum atomic E-state index is 6.00. The summed E-state index contributed by atoms with van der Waals surface area (Å²) in [7, 11) is 0. The van der Waals surface area contributed by atoms with Crippen molar-refractivity contribution >= 4 is 17.1 Å². The molecule has 0 unspecified atom stereocenters. The molecule has 1 aliphatic rings. The Morgan fingerprint density at radius 1 is 1.14 bits per heavy atom. The van der Waals surface area contributed by atoms with Crippen molar-refractivity contribution in [1.82, 2.24) is 4.98 Å². The molecule has 1 aromatic heterocycles. The number of nitrogens with zero attached hydrogens (tertiary/aromatic N) is 2. The second-order valence-electron chi connectivity index (χ2n) is 5.95. The van der Waals surface area contributed by atoms with Crippen molar-refractivity contribution in [2.24, 2.45) is 5.73 Å². The predicted molar refractivity (Wildman–Crippen MR) is 86.5 cm³/mol. The monoisotopic (exact) mass is 287 g/mol. The smallest absolute Gasteiger partial charge is 0.298 e. The minimum Gasteiger partial charge on any atom is -0.423 e. The maximum Gasteiger partial charge on any atom is 0.298 e. The molecule has 4 heteroatoms. The van der Waals surface area contributed by atoms with Gasteiger partial charge in [-0.3, -0.25) is 0 Å². The minimum absolute atomic E-state index is 0.548. The van der Waals surface area contributed by atoms with Gasteiger partial charge in [0.2, 0.25) is 0 Å². The quantitative estimate of drug-likeness (QED) is 0.852. The Morgan fingerprint density at radius 2 is 1.90 bits per heavy atom. The molecule has 0 radical (unpaired) electrons. The molecule has 1 heterocycles. The average Bonchev–Trinajstić information content (AvgIpc) is 2.75. The van der Waals surface area contributed by atoms with E-state index in [0.29, 0.717) is 12.6 Å². The molecule has 3 rings (SSSR count). The summed E-state index contributed by atoms with van der Waals surface area (Å²) in [4.78, 5) is 7.05. The molecule has 1 aromatic carbocycles. The van der Waals surface area contributed by atoms with Gasteiger partial charge in [-0.2, -0.15) is 4.98 Å². The summed E-state index contributed by atoms with van der Waals surface area (Å²) >= 11 is 0. The first-order chi connectivity index (χ1) is 10.4. The predicted octanol–water partition coefficient (Wildman–Crippen LogP) is 3.71. The Morgan fingerprint density at radius 3 is 2.62 bits per heavy atom. The van der Waals surface area contributed by atoms with Gasteiger partial charge in [0.1, 0.15) is 5.52 Å². The zero-order valence-corrected chi connectivity index (χ0v) is 12.6. The molecule has 0 amide bonds. The third-order valence-corrected chi connectivity index (χ3v) is 4.40. The van der Waals surface area contributed by atoms with Crippen molar-refractivity contribution in [2.45, 2.75) is 51.0 Å². The van der Waals surface area contributed by atoms with Gasteiger partial charge in [-0.1, -0.05) is 37.8 Å². The summed E-state index contributed by atoms with van der Waals surface area (Å²) in [6.45, 7) is 1.65. The molecule has 0 saturated heterocycles. The van der Waals surface area contributed by atoms with Gasteiger partial charge in [-0.25, -0.2) is 0 Å². The SMILES string of the molecule is NCCCN(c1nc2ccccc2o1)C1CCCCCC1. The molecule has 21 heavy (non-hydrogen) atoms. The van der Waals surface area contributed by atoms with E-state index in [4.69, 9.17) is 15.1 Å². The Balaban J connectivity index is 1.86. The second kappa shape index (κ2) is 6.94. The highest BCUT2D eigenvalue weighted by Gasteiger charge is 2.23. The highest BCUT2D eigenvalue weighted by molar-refractivity contribution is 5.74. The van der Waals surface area contributed by atoms with Crippen LogP contribution in [0.15, 0.2) is 28.7 Å². The Labute approximate surface area is 126 Å². The van der Waals surface area contributed by atoms with Gasteiger partial charge in [0.25, 0.3) is 6.01 Å². The van der Waals surface area contributed by atoms with Crippen molar-refractivity contribution in [3.05, 3.63) is 24.3 Å². The van der Waals surface area contributed by atoms with E-state index in [9.17, 15) is 0 Å². The summed E-state index contributed by atoms with van der Waals surface area (Å²) in [5.41, 5.74) is 7.53. The third-order valence-electron chi connectivity index (χ3n) is 4.40. The minimum atomic E-state index is 0.548. The van der Waals surface area contributed by atoms with Gasteiger partial charge in [-0.05, 0) is 37.9 Å². The molecular weight excluding hydrogens is 262 g/mol. The number of anilines is 1. The number of hydrogen-bond donors (Lipinski definition) is 1. The zero-order valence-electron chi connectivity index (χ0n) is 12.6. The van der Waals surface area contributed by atoms with E-state index >= 15 is 0 Å². The summed E-state index contributed by atoms with van der Waals surface area (Å²) in [5, 5.41) is 0. The fourth-order valence-electron chi connectivity index (χ4n) is 3.25. The van der Waals surface area contributed by atoms with Crippen LogP contribution in [0.5, 0.6) is 0 Å². The van der Waals surface area contributed by atoms with Crippen molar-refractivity contribution in [3.63, 3.8) is 0 Å². The maximum absolute atomic E-state index is 6.00.